The van der Waals surface area contributed by atoms with Gasteiger partial charge in [0.2, 0.25) is 0 Å². The molecule has 2 fully saturated rings. The lowest BCUT2D eigenvalue weighted by atomic mass is 9.91. The van der Waals surface area contributed by atoms with E-state index in [9.17, 15) is 4.79 Å². The van der Waals surface area contributed by atoms with Crippen LogP contribution in [0.1, 0.15) is 36.0 Å². The number of hydrogen-bond donors (Lipinski definition) is 1. The fourth-order valence-electron chi connectivity index (χ4n) is 3.69. The zero-order chi connectivity index (χ0) is 15.0. The second-order valence-electron chi connectivity index (χ2n) is 6.22. The summed E-state index contributed by atoms with van der Waals surface area (Å²) >= 11 is 6.86. The van der Waals surface area contributed by atoms with Crippen LogP contribution in [0.2, 0.25) is 0 Å². The first-order chi connectivity index (χ1) is 10.0. The van der Waals surface area contributed by atoms with E-state index in [0.717, 1.165) is 27.6 Å². The molecular formula is C16H20Br2N2O. The van der Waals surface area contributed by atoms with Crippen LogP contribution in [-0.4, -0.2) is 36.5 Å². The first-order valence-corrected chi connectivity index (χ1v) is 9.08. The summed E-state index contributed by atoms with van der Waals surface area (Å²) < 4.78 is 1.76. The van der Waals surface area contributed by atoms with E-state index >= 15 is 0 Å². The molecule has 5 heteroatoms. The monoisotopic (exact) mass is 414 g/mol. The van der Waals surface area contributed by atoms with Crippen LogP contribution in [0.15, 0.2) is 27.1 Å². The van der Waals surface area contributed by atoms with Crippen LogP contribution in [0, 0.1) is 5.92 Å². The smallest absolute Gasteiger partial charge is 0.252 e. The molecular weight excluding hydrogens is 396 g/mol. The van der Waals surface area contributed by atoms with Gasteiger partial charge in [-0.2, -0.15) is 0 Å². The van der Waals surface area contributed by atoms with Gasteiger partial charge in [0, 0.05) is 27.6 Å². The van der Waals surface area contributed by atoms with Gasteiger partial charge in [-0.15, -0.1) is 0 Å². The van der Waals surface area contributed by atoms with Crippen molar-refractivity contribution in [1.29, 1.82) is 0 Å². The first kappa shape index (κ1) is 15.5. The minimum absolute atomic E-state index is 0.00875. The second kappa shape index (κ2) is 6.39. The number of nitrogens with zero attached hydrogens (tertiary/aromatic N) is 1. The van der Waals surface area contributed by atoms with Gasteiger partial charge >= 0.3 is 0 Å². The molecule has 1 N–H and O–H groups in total. The number of hydrogen-bond acceptors (Lipinski definition) is 2. The van der Waals surface area contributed by atoms with Crippen molar-refractivity contribution in [3.8, 4) is 0 Å². The van der Waals surface area contributed by atoms with E-state index in [1.54, 1.807) is 0 Å². The Kier molecular flexibility index (Phi) is 4.71. The van der Waals surface area contributed by atoms with Crippen LogP contribution in [-0.2, 0) is 0 Å². The van der Waals surface area contributed by atoms with Gasteiger partial charge in [-0.25, -0.2) is 0 Å². The molecule has 21 heavy (non-hydrogen) atoms. The molecule has 2 unspecified atom stereocenters. The summed E-state index contributed by atoms with van der Waals surface area (Å²) in [6.07, 6.45) is 5.07. The molecule has 1 aromatic rings. The van der Waals surface area contributed by atoms with Crippen molar-refractivity contribution in [2.24, 2.45) is 5.92 Å². The van der Waals surface area contributed by atoms with Crippen LogP contribution < -0.4 is 5.32 Å². The predicted octanol–water partition coefficient (Wildman–Crippen LogP) is 3.81. The lowest BCUT2D eigenvalue weighted by Gasteiger charge is -2.36. The van der Waals surface area contributed by atoms with Crippen molar-refractivity contribution in [2.75, 3.05) is 13.6 Å². The van der Waals surface area contributed by atoms with Gasteiger partial charge in [-0.1, -0.05) is 15.9 Å². The van der Waals surface area contributed by atoms with Gasteiger partial charge in [0.25, 0.3) is 5.91 Å². The molecule has 1 aromatic carbocycles. The largest absolute Gasteiger partial charge is 0.352 e. The van der Waals surface area contributed by atoms with E-state index in [-0.39, 0.29) is 5.91 Å². The molecule has 3 nitrogen and oxygen atoms in total. The van der Waals surface area contributed by atoms with E-state index < -0.39 is 0 Å². The standard InChI is InChI=1S/C16H20Br2N2O/c1-20-12-3-4-13(20)7-10(6-12)9-19-16(21)14-8-11(17)2-5-15(14)18/h2,5,8,10,12-13H,3-4,6-7,9H2,1H3,(H,19,21). The van der Waals surface area contributed by atoms with E-state index in [2.05, 4.69) is 49.1 Å². The van der Waals surface area contributed by atoms with Crippen LogP contribution >= 0.6 is 31.9 Å². The van der Waals surface area contributed by atoms with Crippen LogP contribution in [0.25, 0.3) is 0 Å². The van der Waals surface area contributed by atoms with Crippen molar-refractivity contribution >= 4 is 37.8 Å². The highest BCUT2D eigenvalue weighted by Gasteiger charge is 2.38. The molecule has 2 aliphatic heterocycles. The Morgan fingerprint density at radius 1 is 1.29 bits per heavy atom. The van der Waals surface area contributed by atoms with Crippen LogP contribution in [0.3, 0.4) is 0 Å². The zero-order valence-electron chi connectivity index (χ0n) is 12.1. The van der Waals surface area contributed by atoms with E-state index in [1.165, 1.54) is 25.7 Å². The average molecular weight is 416 g/mol. The Hall–Kier alpha value is -0.390. The summed E-state index contributed by atoms with van der Waals surface area (Å²) in [6.45, 7) is 0.790. The number of fused-ring (bicyclic) bond motifs is 2. The molecule has 2 bridgehead atoms. The van der Waals surface area contributed by atoms with E-state index in [1.807, 2.05) is 18.2 Å². The number of carbonyl (C=O) groups excluding carboxylic acids is 1. The molecule has 2 aliphatic rings. The van der Waals surface area contributed by atoms with Gasteiger partial charge < -0.3 is 10.2 Å². The van der Waals surface area contributed by atoms with Crippen molar-refractivity contribution in [2.45, 2.75) is 37.8 Å². The summed E-state index contributed by atoms with van der Waals surface area (Å²) in [5.74, 6) is 0.628. The molecule has 0 aliphatic carbocycles. The molecule has 2 heterocycles. The second-order valence-corrected chi connectivity index (χ2v) is 7.99. The summed E-state index contributed by atoms with van der Waals surface area (Å²) in [5, 5.41) is 3.11. The van der Waals surface area contributed by atoms with Gasteiger partial charge in [0.1, 0.15) is 0 Å². The fraction of sp³-hybridized carbons (Fsp3) is 0.562. The minimum atomic E-state index is 0.00875. The summed E-state index contributed by atoms with van der Waals surface area (Å²) in [4.78, 5) is 14.9. The number of halogens is 2. The molecule has 1 amide bonds. The van der Waals surface area contributed by atoms with E-state index in [0.29, 0.717) is 11.5 Å². The molecule has 0 radical (unpaired) electrons. The normalized spacial score (nSPS) is 28.6. The summed E-state index contributed by atoms with van der Waals surface area (Å²) in [6, 6.07) is 7.13. The molecule has 2 atom stereocenters. The lowest BCUT2D eigenvalue weighted by Crippen LogP contribution is -2.43. The molecule has 0 saturated carbocycles. The Morgan fingerprint density at radius 3 is 2.62 bits per heavy atom. The summed E-state index contributed by atoms with van der Waals surface area (Å²) in [5.41, 5.74) is 0.695. The maximum Gasteiger partial charge on any atom is 0.252 e. The van der Waals surface area contributed by atoms with Gasteiger partial charge in [0.05, 0.1) is 5.56 Å². The Morgan fingerprint density at radius 2 is 1.95 bits per heavy atom. The topological polar surface area (TPSA) is 32.3 Å². The van der Waals surface area contributed by atoms with Gasteiger partial charge in [0.15, 0.2) is 0 Å². The zero-order valence-corrected chi connectivity index (χ0v) is 15.3. The fourth-order valence-corrected chi connectivity index (χ4v) is 4.48. The number of piperidine rings is 1. The maximum atomic E-state index is 12.3. The third-order valence-corrected chi connectivity index (χ3v) is 6.10. The third kappa shape index (κ3) is 3.35. The predicted molar refractivity (Wildman–Crippen MR) is 91.5 cm³/mol. The van der Waals surface area contributed by atoms with Gasteiger partial charge in [-0.3, -0.25) is 4.79 Å². The molecule has 3 rings (SSSR count). The molecule has 2 saturated heterocycles. The van der Waals surface area contributed by atoms with Crippen LogP contribution in [0.4, 0.5) is 0 Å². The maximum absolute atomic E-state index is 12.3. The van der Waals surface area contributed by atoms with Crippen molar-refractivity contribution < 1.29 is 4.79 Å². The quantitative estimate of drug-likeness (QED) is 0.813. The van der Waals surface area contributed by atoms with Crippen molar-refractivity contribution in [3.63, 3.8) is 0 Å². The van der Waals surface area contributed by atoms with Crippen molar-refractivity contribution in [3.05, 3.63) is 32.7 Å². The minimum Gasteiger partial charge on any atom is -0.352 e. The number of amides is 1. The highest BCUT2D eigenvalue weighted by molar-refractivity contribution is 9.11. The molecule has 0 spiro atoms. The Labute approximate surface area is 142 Å². The van der Waals surface area contributed by atoms with Crippen LogP contribution in [0.5, 0.6) is 0 Å². The van der Waals surface area contributed by atoms with E-state index in [4.69, 9.17) is 0 Å². The first-order valence-electron chi connectivity index (χ1n) is 7.50. The highest BCUT2D eigenvalue weighted by atomic mass is 79.9. The molecule has 114 valence electrons. The Bertz CT molecular complexity index is 535. The lowest BCUT2D eigenvalue weighted by molar-refractivity contribution is 0.0916. The third-order valence-electron chi connectivity index (χ3n) is 4.92. The SMILES string of the molecule is CN1C2CCC1CC(CNC(=O)c1cc(Br)ccc1Br)C2. The van der Waals surface area contributed by atoms with Crippen molar-refractivity contribution in [1.82, 2.24) is 10.2 Å². The number of benzene rings is 1. The average Bonchev–Trinajstić information content (AvgIpc) is 2.69. The van der Waals surface area contributed by atoms with Gasteiger partial charge in [-0.05, 0) is 72.8 Å². The number of carbonyl (C=O) groups is 1. The number of rotatable bonds is 3. The molecule has 0 aromatic heterocycles. The number of nitrogens with one attached hydrogen (secondary N) is 1. The Balaban J connectivity index is 1.58. The highest BCUT2D eigenvalue weighted by Crippen LogP contribution is 2.37. The summed E-state index contributed by atoms with van der Waals surface area (Å²) in [7, 11) is 2.25.